The summed E-state index contributed by atoms with van der Waals surface area (Å²) in [6.07, 6.45) is 3.21. The molecule has 0 N–H and O–H groups in total. The molecule has 2 nitrogen and oxygen atoms in total. The minimum absolute atomic E-state index is 0.0917. The lowest BCUT2D eigenvalue weighted by atomic mass is 9.94. The molecule has 0 aromatic heterocycles. The number of hydrogen-bond acceptors (Lipinski definition) is 2. The van der Waals surface area contributed by atoms with Crippen LogP contribution in [0.15, 0.2) is 36.4 Å². The van der Waals surface area contributed by atoms with Crippen LogP contribution in [-0.2, 0) is 6.42 Å². The number of rotatable bonds is 3. The highest BCUT2D eigenvalue weighted by Gasteiger charge is 2.19. The van der Waals surface area contributed by atoms with E-state index in [9.17, 15) is 0 Å². The Hall–Kier alpha value is -1.93. The molecule has 0 bridgehead atoms. The fraction of sp³-hybridized carbons (Fsp3) is 0.300. The van der Waals surface area contributed by atoms with Gasteiger partial charge in [0.25, 0.3) is 0 Å². The Morgan fingerprint density at radius 3 is 2.43 bits per heavy atom. The minimum atomic E-state index is 0.0917. The van der Waals surface area contributed by atoms with Crippen molar-refractivity contribution in [3.8, 4) is 22.6 Å². The lowest BCUT2D eigenvalue weighted by Gasteiger charge is -2.18. The number of hydrogen-bond donors (Lipinski definition) is 0. The standard InChI is InChI=1S/C20H21ClO2/c1-12(2)23-20-11-18-16-8-7-15(21)9-14(16)6-5-13(3)17(18)10-19(20)22-4/h5,7-12H,6H2,1-4H3. The molecule has 1 aliphatic carbocycles. The van der Waals surface area contributed by atoms with E-state index in [0.717, 1.165) is 22.9 Å². The van der Waals surface area contributed by atoms with Crippen LogP contribution in [-0.4, -0.2) is 13.2 Å². The Balaban J connectivity index is 2.25. The third kappa shape index (κ3) is 3.09. The fourth-order valence-corrected chi connectivity index (χ4v) is 3.18. The summed E-state index contributed by atoms with van der Waals surface area (Å²) in [4.78, 5) is 0. The topological polar surface area (TPSA) is 18.5 Å². The van der Waals surface area contributed by atoms with E-state index in [0.29, 0.717) is 0 Å². The van der Waals surface area contributed by atoms with Gasteiger partial charge in [-0.1, -0.05) is 23.7 Å². The van der Waals surface area contributed by atoms with E-state index in [4.69, 9.17) is 21.1 Å². The summed E-state index contributed by atoms with van der Waals surface area (Å²) in [6.45, 7) is 6.17. The molecule has 0 atom stereocenters. The van der Waals surface area contributed by atoms with E-state index in [1.165, 1.54) is 27.8 Å². The summed E-state index contributed by atoms with van der Waals surface area (Å²) in [7, 11) is 1.68. The Bertz CT molecular complexity index is 775. The van der Waals surface area contributed by atoms with Gasteiger partial charge in [0.15, 0.2) is 11.5 Å². The molecule has 2 aromatic carbocycles. The molecular formula is C20H21ClO2. The van der Waals surface area contributed by atoms with Crippen LogP contribution in [0.4, 0.5) is 0 Å². The third-order valence-corrected chi connectivity index (χ3v) is 4.31. The van der Waals surface area contributed by atoms with Crippen molar-refractivity contribution in [1.29, 1.82) is 0 Å². The van der Waals surface area contributed by atoms with Crippen LogP contribution in [0.1, 0.15) is 31.9 Å². The molecule has 0 unspecified atom stereocenters. The van der Waals surface area contributed by atoms with E-state index < -0.39 is 0 Å². The maximum atomic E-state index is 6.18. The van der Waals surface area contributed by atoms with Crippen molar-refractivity contribution in [2.24, 2.45) is 0 Å². The van der Waals surface area contributed by atoms with Gasteiger partial charge >= 0.3 is 0 Å². The molecule has 1 aliphatic rings. The predicted octanol–water partition coefficient (Wildman–Crippen LogP) is 5.76. The van der Waals surface area contributed by atoms with Crippen molar-refractivity contribution in [3.63, 3.8) is 0 Å². The maximum absolute atomic E-state index is 6.18. The van der Waals surface area contributed by atoms with Crippen molar-refractivity contribution in [3.05, 3.63) is 52.6 Å². The molecule has 2 aromatic rings. The Labute approximate surface area is 142 Å². The SMILES string of the molecule is COc1cc2c(cc1OC(C)C)-c1ccc(Cl)cc1CC=C2C. The van der Waals surface area contributed by atoms with E-state index in [1.807, 2.05) is 26.0 Å². The molecule has 23 heavy (non-hydrogen) atoms. The minimum Gasteiger partial charge on any atom is -0.493 e. The van der Waals surface area contributed by atoms with Crippen LogP contribution in [0, 0.1) is 0 Å². The number of benzene rings is 2. The fourth-order valence-electron chi connectivity index (χ4n) is 2.98. The lowest BCUT2D eigenvalue weighted by molar-refractivity contribution is 0.230. The first kappa shape index (κ1) is 15.9. The van der Waals surface area contributed by atoms with Crippen molar-refractivity contribution >= 4 is 17.2 Å². The first-order valence-electron chi connectivity index (χ1n) is 7.84. The highest BCUT2D eigenvalue weighted by Crippen LogP contribution is 2.42. The van der Waals surface area contributed by atoms with E-state index in [-0.39, 0.29) is 6.10 Å². The smallest absolute Gasteiger partial charge is 0.162 e. The summed E-state index contributed by atoms with van der Waals surface area (Å²) >= 11 is 6.18. The van der Waals surface area contributed by atoms with Gasteiger partial charge in [0, 0.05) is 5.02 Å². The van der Waals surface area contributed by atoms with Crippen molar-refractivity contribution in [2.45, 2.75) is 33.3 Å². The summed E-state index contributed by atoms with van der Waals surface area (Å²) in [6, 6.07) is 10.2. The van der Waals surface area contributed by atoms with E-state index >= 15 is 0 Å². The van der Waals surface area contributed by atoms with Crippen LogP contribution in [0.3, 0.4) is 0 Å². The van der Waals surface area contributed by atoms with Crippen LogP contribution in [0.5, 0.6) is 11.5 Å². The summed E-state index contributed by atoms with van der Waals surface area (Å²) in [5, 5.41) is 0.769. The third-order valence-electron chi connectivity index (χ3n) is 4.08. The van der Waals surface area contributed by atoms with Crippen molar-refractivity contribution in [2.75, 3.05) is 7.11 Å². The largest absolute Gasteiger partial charge is 0.493 e. The first-order chi connectivity index (χ1) is 11.0. The van der Waals surface area contributed by atoms with Crippen LogP contribution < -0.4 is 9.47 Å². The molecule has 120 valence electrons. The molecule has 0 aliphatic heterocycles. The molecule has 0 saturated heterocycles. The lowest BCUT2D eigenvalue weighted by Crippen LogP contribution is -2.07. The van der Waals surface area contributed by atoms with Crippen LogP contribution in [0.2, 0.25) is 5.02 Å². The average molecular weight is 329 g/mol. The van der Waals surface area contributed by atoms with Gasteiger partial charge < -0.3 is 9.47 Å². The zero-order valence-corrected chi connectivity index (χ0v) is 14.7. The van der Waals surface area contributed by atoms with Crippen LogP contribution in [0.25, 0.3) is 16.7 Å². The molecule has 0 amide bonds. The highest BCUT2D eigenvalue weighted by molar-refractivity contribution is 6.30. The zero-order chi connectivity index (χ0) is 16.6. The van der Waals surface area contributed by atoms with Crippen molar-refractivity contribution < 1.29 is 9.47 Å². The van der Waals surface area contributed by atoms with E-state index in [1.54, 1.807) is 7.11 Å². The number of ether oxygens (including phenoxy) is 2. The first-order valence-corrected chi connectivity index (χ1v) is 8.22. The molecule has 0 spiro atoms. The van der Waals surface area contributed by atoms with Gasteiger partial charge in [-0.05, 0) is 79.3 Å². The quantitative estimate of drug-likeness (QED) is 0.713. The Kier molecular flexibility index (Phi) is 4.36. The summed E-state index contributed by atoms with van der Waals surface area (Å²) in [5.74, 6) is 1.54. The number of methoxy groups -OCH3 is 1. The van der Waals surface area contributed by atoms with Crippen LogP contribution >= 0.6 is 11.6 Å². The Morgan fingerprint density at radius 2 is 1.74 bits per heavy atom. The highest BCUT2D eigenvalue weighted by atomic mass is 35.5. The molecule has 3 rings (SSSR count). The van der Waals surface area contributed by atoms with Crippen molar-refractivity contribution in [1.82, 2.24) is 0 Å². The second kappa shape index (κ2) is 6.29. The predicted molar refractivity (Wildman–Crippen MR) is 96.6 cm³/mol. The van der Waals surface area contributed by atoms with Gasteiger partial charge in [-0.15, -0.1) is 0 Å². The van der Waals surface area contributed by atoms with Gasteiger partial charge in [-0.25, -0.2) is 0 Å². The normalized spacial score (nSPS) is 13.0. The molecule has 3 heteroatoms. The average Bonchev–Trinajstić information content (AvgIpc) is 2.63. The van der Waals surface area contributed by atoms with Gasteiger partial charge in [0.2, 0.25) is 0 Å². The molecule has 0 saturated carbocycles. The zero-order valence-electron chi connectivity index (χ0n) is 13.9. The van der Waals surface area contributed by atoms with Gasteiger partial charge in [-0.3, -0.25) is 0 Å². The second-order valence-electron chi connectivity index (χ2n) is 6.11. The monoisotopic (exact) mass is 328 g/mol. The number of fused-ring (bicyclic) bond motifs is 3. The molecular weight excluding hydrogens is 308 g/mol. The van der Waals surface area contributed by atoms with Gasteiger partial charge in [0.1, 0.15) is 0 Å². The molecule has 0 fully saturated rings. The van der Waals surface area contributed by atoms with E-state index in [2.05, 4.69) is 31.2 Å². The summed E-state index contributed by atoms with van der Waals surface area (Å²) in [5.41, 5.74) is 6.02. The maximum Gasteiger partial charge on any atom is 0.162 e. The molecule has 0 heterocycles. The number of allylic oxidation sites excluding steroid dienone is 2. The van der Waals surface area contributed by atoms with Gasteiger partial charge in [0.05, 0.1) is 13.2 Å². The summed E-state index contributed by atoms with van der Waals surface area (Å²) < 4.78 is 11.5. The van der Waals surface area contributed by atoms with Gasteiger partial charge in [-0.2, -0.15) is 0 Å². The number of halogens is 1. The Morgan fingerprint density at radius 1 is 1.00 bits per heavy atom. The second-order valence-corrected chi connectivity index (χ2v) is 6.54. The molecule has 0 radical (unpaired) electrons.